The highest BCUT2D eigenvalue weighted by Crippen LogP contribution is 2.65. The number of rotatable bonds is 4. The fourth-order valence-corrected chi connectivity index (χ4v) is 8.15. The van der Waals surface area contributed by atoms with Crippen molar-refractivity contribution in [1.29, 1.82) is 0 Å². The molecule has 0 aliphatic heterocycles. The van der Waals surface area contributed by atoms with Gasteiger partial charge in [-0.25, -0.2) is 0 Å². The molecule has 7 aromatic rings. The monoisotopic (exact) mass is 630 g/mol. The number of nitrogens with two attached hydrogens (primary N) is 1. The van der Waals surface area contributed by atoms with Crippen molar-refractivity contribution >= 4 is 32.9 Å². The smallest absolute Gasteiger partial charge is 0.0731 e. The summed E-state index contributed by atoms with van der Waals surface area (Å²) in [5.74, 6) is 0. The topological polar surface area (TPSA) is 38.0 Å². The Morgan fingerprint density at radius 2 is 1.29 bits per heavy atom. The number of allylic oxidation sites excluding steroid dienone is 4. The largest absolute Gasteiger partial charge is 0.397 e. The minimum absolute atomic E-state index is 0.387. The molecule has 0 saturated heterocycles. The van der Waals surface area contributed by atoms with Gasteiger partial charge in [0.15, 0.2) is 0 Å². The van der Waals surface area contributed by atoms with Crippen LogP contribution in [0.15, 0.2) is 170 Å². The fourth-order valence-electron chi connectivity index (χ4n) is 8.15. The van der Waals surface area contributed by atoms with Gasteiger partial charge in [0.2, 0.25) is 0 Å². The SMILES string of the molecule is C=C/C=C(/C)C=C.CNc1ccc(-c2ccc3c4c(ccc3c2)-c2c(ccc3ccccc23)C42c3ccccc3-c3ccccc32)cc1N. The molecule has 2 heteroatoms. The highest BCUT2D eigenvalue weighted by Gasteiger charge is 2.52. The lowest BCUT2D eigenvalue weighted by atomic mass is 9.69. The van der Waals surface area contributed by atoms with Crippen molar-refractivity contribution in [3.8, 4) is 33.4 Å². The first kappa shape index (κ1) is 30.2. The second-order valence-electron chi connectivity index (χ2n) is 12.9. The third-order valence-corrected chi connectivity index (χ3v) is 10.3. The van der Waals surface area contributed by atoms with Crippen molar-refractivity contribution in [3.05, 3.63) is 193 Å². The number of nitrogen functional groups attached to an aromatic ring is 1. The van der Waals surface area contributed by atoms with E-state index in [2.05, 4.69) is 152 Å². The second-order valence-corrected chi connectivity index (χ2v) is 12.9. The number of benzene rings is 7. The van der Waals surface area contributed by atoms with E-state index in [1.54, 1.807) is 12.2 Å². The minimum Gasteiger partial charge on any atom is -0.397 e. The summed E-state index contributed by atoms with van der Waals surface area (Å²) in [6.45, 7) is 9.07. The van der Waals surface area contributed by atoms with E-state index in [0.717, 1.165) is 22.5 Å². The minimum atomic E-state index is -0.387. The highest BCUT2D eigenvalue weighted by molar-refractivity contribution is 6.11. The van der Waals surface area contributed by atoms with Gasteiger partial charge in [-0.1, -0.05) is 152 Å². The zero-order chi connectivity index (χ0) is 33.7. The van der Waals surface area contributed by atoms with E-state index in [1.165, 1.54) is 71.6 Å². The summed E-state index contributed by atoms with van der Waals surface area (Å²) in [4.78, 5) is 0. The standard InChI is InChI=1S/C40H28N2.C7H10/c1-42-37-21-17-26(23-36(37)41)25-14-18-29-27(22-25)15-19-32-38-28-9-3-2-8-24(28)16-20-35(38)40(39(29)32)33-12-6-4-10-30(33)31-11-5-7-13-34(31)40;1-4-6-7(3)5-2/h2-23,42H,41H2,1H3;4-6H,1-2H2,3H3/b;7-6-. The predicted molar refractivity (Wildman–Crippen MR) is 211 cm³/mol. The van der Waals surface area contributed by atoms with Gasteiger partial charge in [0.1, 0.15) is 0 Å². The Balaban J connectivity index is 0.000000453. The number of nitrogens with one attached hydrogen (secondary N) is 1. The van der Waals surface area contributed by atoms with E-state index in [1.807, 2.05) is 20.0 Å². The van der Waals surface area contributed by atoms with Crippen LogP contribution in [0.5, 0.6) is 0 Å². The van der Waals surface area contributed by atoms with Gasteiger partial charge in [0, 0.05) is 7.05 Å². The molecule has 0 saturated carbocycles. The molecule has 7 aromatic carbocycles. The van der Waals surface area contributed by atoms with Crippen LogP contribution in [0.1, 0.15) is 29.2 Å². The van der Waals surface area contributed by atoms with Crippen molar-refractivity contribution in [1.82, 2.24) is 0 Å². The maximum Gasteiger partial charge on any atom is 0.0731 e. The van der Waals surface area contributed by atoms with E-state index in [0.29, 0.717) is 0 Å². The molecule has 49 heavy (non-hydrogen) atoms. The van der Waals surface area contributed by atoms with Crippen LogP contribution in [0.3, 0.4) is 0 Å². The molecule has 2 aliphatic carbocycles. The zero-order valence-corrected chi connectivity index (χ0v) is 27.9. The average Bonchev–Trinajstić information content (AvgIpc) is 3.62. The van der Waals surface area contributed by atoms with Gasteiger partial charge in [0.25, 0.3) is 0 Å². The molecule has 0 fully saturated rings. The van der Waals surface area contributed by atoms with Gasteiger partial charge in [-0.15, -0.1) is 0 Å². The normalized spacial score (nSPS) is 13.2. The lowest BCUT2D eigenvalue weighted by Gasteiger charge is -2.31. The molecular formula is C47H38N2. The lowest BCUT2D eigenvalue weighted by Crippen LogP contribution is -2.26. The molecular weight excluding hydrogens is 593 g/mol. The predicted octanol–water partition coefficient (Wildman–Crippen LogP) is 11.9. The van der Waals surface area contributed by atoms with Crippen LogP contribution >= 0.6 is 0 Å². The summed E-state index contributed by atoms with van der Waals surface area (Å²) in [6, 6.07) is 49.4. The van der Waals surface area contributed by atoms with Crippen LogP contribution in [0.2, 0.25) is 0 Å². The first-order chi connectivity index (χ1) is 24.0. The lowest BCUT2D eigenvalue weighted by molar-refractivity contribution is 0.802. The van der Waals surface area contributed by atoms with Gasteiger partial charge in [-0.05, 0) is 102 Å². The van der Waals surface area contributed by atoms with Crippen LogP contribution in [-0.4, -0.2) is 7.05 Å². The van der Waals surface area contributed by atoms with Gasteiger partial charge in [0.05, 0.1) is 16.8 Å². The first-order valence-corrected chi connectivity index (χ1v) is 16.8. The van der Waals surface area contributed by atoms with Crippen LogP contribution in [0.4, 0.5) is 11.4 Å². The Labute approximate surface area is 288 Å². The van der Waals surface area contributed by atoms with E-state index in [4.69, 9.17) is 5.73 Å². The first-order valence-electron chi connectivity index (χ1n) is 16.8. The van der Waals surface area contributed by atoms with Crippen molar-refractivity contribution in [2.45, 2.75) is 12.3 Å². The maximum atomic E-state index is 6.36. The van der Waals surface area contributed by atoms with Crippen LogP contribution < -0.4 is 11.1 Å². The van der Waals surface area contributed by atoms with Crippen molar-refractivity contribution in [3.63, 3.8) is 0 Å². The highest BCUT2D eigenvalue weighted by atomic mass is 14.8. The molecule has 0 aromatic heterocycles. The van der Waals surface area contributed by atoms with Crippen LogP contribution in [0, 0.1) is 0 Å². The van der Waals surface area contributed by atoms with Gasteiger partial charge < -0.3 is 11.1 Å². The Bertz CT molecular complexity index is 2450. The molecule has 0 amide bonds. The summed E-state index contributed by atoms with van der Waals surface area (Å²) >= 11 is 0. The summed E-state index contributed by atoms with van der Waals surface area (Å²) in [5, 5.41) is 8.29. The molecule has 0 atom stereocenters. The average molecular weight is 631 g/mol. The molecule has 236 valence electrons. The Morgan fingerprint density at radius 1 is 0.633 bits per heavy atom. The quantitative estimate of drug-likeness (QED) is 0.150. The van der Waals surface area contributed by atoms with Gasteiger partial charge in [-0.3, -0.25) is 0 Å². The second kappa shape index (κ2) is 11.8. The number of fused-ring (bicyclic) bond motifs is 14. The fraction of sp³-hybridized carbons (Fsp3) is 0.0638. The van der Waals surface area contributed by atoms with E-state index < -0.39 is 0 Å². The van der Waals surface area contributed by atoms with Crippen molar-refractivity contribution in [2.75, 3.05) is 18.1 Å². The summed E-state index contributed by atoms with van der Waals surface area (Å²) in [6.07, 6.45) is 5.45. The molecule has 1 spiro atoms. The zero-order valence-electron chi connectivity index (χ0n) is 27.9. The van der Waals surface area contributed by atoms with Crippen LogP contribution in [0.25, 0.3) is 54.9 Å². The molecule has 2 aliphatic rings. The number of hydrogen-bond acceptors (Lipinski definition) is 2. The van der Waals surface area contributed by atoms with E-state index in [-0.39, 0.29) is 5.41 Å². The number of hydrogen-bond donors (Lipinski definition) is 2. The van der Waals surface area contributed by atoms with Crippen molar-refractivity contribution < 1.29 is 0 Å². The Kier molecular flexibility index (Phi) is 7.31. The third-order valence-electron chi connectivity index (χ3n) is 10.3. The van der Waals surface area contributed by atoms with Crippen LogP contribution in [-0.2, 0) is 5.41 Å². The molecule has 3 N–H and O–H groups in total. The summed E-state index contributed by atoms with van der Waals surface area (Å²) in [7, 11) is 1.90. The third kappa shape index (κ3) is 4.48. The Morgan fingerprint density at radius 3 is 1.96 bits per heavy atom. The molecule has 0 heterocycles. The molecule has 0 radical (unpaired) electrons. The molecule has 0 unspecified atom stereocenters. The number of anilines is 2. The molecule has 0 bridgehead atoms. The van der Waals surface area contributed by atoms with Gasteiger partial charge >= 0.3 is 0 Å². The summed E-state index contributed by atoms with van der Waals surface area (Å²) < 4.78 is 0. The summed E-state index contributed by atoms with van der Waals surface area (Å²) in [5.41, 5.74) is 21.9. The van der Waals surface area contributed by atoms with E-state index >= 15 is 0 Å². The van der Waals surface area contributed by atoms with Gasteiger partial charge in [-0.2, -0.15) is 0 Å². The Hall–Kier alpha value is -6.12. The molecule has 9 rings (SSSR count). The maximum absolute atomic E-state index is 6.36. The van der Waals surface area contributed by atoms with Crippen molar-refractivity contribution in [2.24, 2.45) is 0 Å². The van der Waals surface area contributed by atoms with E-state index in [9.17, 15) is 0 Å². The molecule has 2 nitrogen and oxygen atoms in total.